The maximum absolute atomic E-state index is 13.9. The summed E-state index contributed by atoms with van der Waals surface area (Å²) in [5.41, 5.74) is 2.32. The highest BCUT2D eigenvalue weighted by atomic mass is 19.1. The van der Waals surface area contributed by atoms with Crippen molar-refractivity contribution in [1.82, 2.24) is 5.32 Å². The van der Waals surface area contributed by atoms with Crippen molar-refractivity contribution in [2.24, 2.45) is 5.41 Å². The Labute approximate surface area is 116 Å². The van der Waals surface area contributed by atoms with Crippen LogP contribution in [0.5, 0.6) is 0 Å². The minimum Gasteiger partial charge on any atom is -0.371 e. The van der Waals surface area contributed by atoms with E-state index >= 15 is 0 Å². The Morgan fingerprint density at radius 2 is 2.00 bits per heavy atom. The molecule has 3 heteroatoms. The molecule has 1 aliphatic heterocycles. The SMILES string of the molecule is CCC1(C)CCN(c2cccc(F)c2CNC)CC1. The second-order valence-corrected chi connectivity index (χ2v) is 5.92. The lowest BCUT2D eigenvalue weighted by molar-refractivity contribution is 0.238. The molecule has 0 atom stereocenters. The molecular formula is C16H25FN2. The Bertz CT molecular complexity index is 423. The molecule has 1 saturated heterocycles. The van der Waals surface area contributed by atoms with Crippen LogP contribution in [0.25, 0.3) is 0 Å². The van der Waals surface area contributed by atoms with Crippen molar-refractivity contribution in [1.29, 1.82) is 0 Å². The van der Waals surface area contributed by atoms with Crippen LogP contribution in [0.15, 0.2) is 18.2 Å². The molecule has 1 aromatic carbocycles. The molecule has 0 radical (unpaired) electrons. The summed E-state index contributed by atoms with van der Waals surface area (Å²) in [5.74, 6) is -0.101. The zero-order valence-electron chi connectivity index (χ0n) is 12.3. The summed E-state index contributed by atoms with van der Waals surface area (Å²) in [6.07, 6.45) is 3.62. The fraction of sp³-hybridized carbons (Fsp3) is 0.625. The zero-order chi connectivity index (χ0) is 13.9. The normalized spacial score (nSPS) is 18.6. The van der Waals surface area contributed by atoms with Gasteiger partial charge >= 0.3 is 0 Å². The number of piperidine rings is 1. The molecular weight excluding hydrogens is 239 g/mol. The summed E-state index contributed by atoms with van der Waals surface area (Å²) in [6.45, 7) is 7.28. The van der Waals surface area contributed by atoms with Crippen LogP contribution in [-0.2, 0) is 6.54 Å². The number of nitrogens with zero attached hydrogens (tertiary/aromatic N) is 1. The maximum Gasteiger partial charge on any atom is 0.129 e. The van der Waals surface area contributed by atoms with Crippen LogP contribution >= 0.6 is 0 Å². The third kappa shape index (κ3) is 3.08. The molecule has 0 saturated carbocycles. The molecule has 1 aromatic rings. The number of halogens is 1. The van der Waals surface area contributed by atoms with Gasteiger partial charge in [0, 0.05) is 30.9 Å². The molecule has 0 bridgehead atoms. The van der Waals surface area contributed by atoms with Crippen LogP contribution < -0.4 is 10.2 Å². The summed E-state index contributed by atoms with van der Waals surface area (Å²) < 4.78 is 13.9. The predicted octanol–water partition coefficient (Wildman–Crippen LogP) is 3.56. The first-order valence-corrected chi connectivity index (χ1v) is 7.26. The molecule has 1 aliphatic rings. The van der Waals surface area contributed by atoms with Gasteiger partial charge in [-0.1, -0.05) is 26.3 Å². The summed E-state index contributed by atoms with van der Waals surface area (Å²) in [7, 11) is 1.86. The minimum absolute atomic E-state index is 0.101. The van der Waals surface area contributed by atoms with Gasteiger partial charge in [-0.25, -0.2) is 4.39 Å². The molecule has 0 unspecified atom stereocenters. The number of hydrogen-bond donors (Lipinski definition) is 1. The zero-order valence-corrected chi connectivity index (χ0v) is 12.3. The van der Waals surface area contributed by atoms with Gasteiger partial charge in [0.25, 0.3) is 0 Å². The van der Waals surface area contributed by atoms with Gasteiger partial charge in [-0.15, -0.1) is 0 Å². The Morgan fingerprint density at radius 3 is 2.58 bits per heavy atom. The highest BCUT2D eigenvalue weighted by Crippen LogP contribution is 2.36. The van der Waals surface area contributed by atoms with Gasteiger partial charge in [0.1, 0.15) is 5.82 Å². The Kier molecular flexibility index (Phi) is 4.46. The van der Waals surface area contributed by atoms with E-state index in [-0.39, 0.29) is 5.82 Å². The van der Waals surface area contributed by atoms with E-state index in [0.29, 0.717) is 12.0 Å². The van der Waals surface area contributed by atoms with Gasteiger partial charge in [0.2, 0.25) is 0 Å². The predicted molar refractivity (Wildman–Crippen MR) is 79.0 cm³/mol. The van der Waals surface area contributed by atoms with Gasteiger partial charge < -0.3 is 10.2 Å². The average molecular weight is 264 g/mol. The molecule has 1 fully saturated rings. The van der Waals surface area contributed by atoms with Gasteiger partial charge in [0.05, 0.1) is 0 Å². The summed E-state index contributed by atoms with van der Waals surface area (Å²) in [6, 6.07) is 5.41. The summed E-state index contributed by atoms with van der Waals surface area (Å²) >= 11 is 0. The van der Waals surface area contributed by atoms with Crippen LogP contribution in [-0.4, -0.2) is 20.1 Å². The van der Waals surface area contributed by atoms with E-state index in [4.69, 9.17) is 0 Å². The topological polar surface area (TPSA) is 15.3 Å². The lowest BCUT2D eigenvalue weighted by atomic mass is 9.78. The monoisotopic (exact) mass is 264 g/mol. The molecule has 0 amide bonds. The molecule has 2 rings (SSSR count). The Hall–Kier alpha value is -1.09. The van der Waals surface area contributed by atoms with Gasteiger partial charge in [0.15, 0.2) is 0 Å². The van der Waals surface area contributed by atoms with Crippen molar-refractivity contribution < 1.29 is 4.39 Å². The number of anilines is 1. The molecule has 0 spiro atoms. The molecule has 2 nitrogen and oxygen atoms in total. The lowest BCUT2D eigenvalue weighted by Gasteiger charge is -2.40. The first-order valence-electron chi connectivity index (χ1n) is 7.26. The number of nitrogens with one attached hydrogen (secondary N) is 1. The lowest BCUT2D eigenvalue weighted by Crippen LogP contribution is -2.39. The summed E-state index contributed by atoms with van der Waals surface area (Å²) in [4.78, 5) is 2.34. The minimum atomic E-state index is -0.101. The average Bonchev–Trinajstić information content (AvgIpc) is 2.42. The van der Waals surface area contributed by atoms with Gasteiger partial charge in [-0.3, -0.25) is 0 Å². The first-order chi connectivity index (χ1) is 9.09. The summed E-state index contributed by atoms with van der Waals surface area (Å²) in [5, 5.41) is 3.07. The number of benzene rings is 1. The van der Waals surface area contributed by atoms with Crippen molar-refractivity contribution in [2.75, 3.05) is 25.0 Å². The van der Waals surface area contributed by atoms with E-state index in [0.717, 1.165) is 24.3 Å². The first kappa shape index (κ1) is 14.3. The van der Waals surface area contributed by atoms with E-state index in [9.17, 15) is 4.39 Å². The van der Waals surface area contributed by atoms with E-state index in [1.54, 1.807) is 6.07 Å². The molecule has 19 heavy (non-hydrogen) atoms. The van der Waals surface area contributed by atoms with Gasteiger partial charge in [-0.05, 0) is 37.4 Å². The fourth-order valence-corrected chi connectivity index (χ4v) is 2.84. The highest BCUT2D eigenvalue weighted by molar-refractivity contribution is 5.54. The quantitative estimate of drug-likeness (QED) is 0.894. The fourth-order valence-electron chi connectivity index (χ4n) is 2.84. The van der Waals surface area contributed by atoms with Crippen molar-refractivity contribution in [2.45, 2.75) is 39.7 Å². The van der Waals surface area contributed by atoms with Crippen LogP contribution in [0.4, 0.5) is 10.1 Å². The molecule has 106 valence electrons. The molecule has 0 aromatic heterocycles. The van der Waals surface area contributed by atoms with Crippen LogP contribution in [0, 0.1) is 11.2 Å². The van der Waals surface area contributed by atoms with Crippen molar-refractivity contribution in [3.05, 3.63) is 29.6 Å². The van der Waals surface area contributed by atoms with E-state index in [1.165, 1.54) is 19.3 Å². The smallest absolute Gasteiger partial charge is 0.129 e. The standard InChI is InChI=1S/C16H25FN2/c1-4-16(2)8-10-19(11-9-16)15-7-5-6-14(17)13(15)12-18-3/h5-7,18H,4,8-12H2,1-3H3. The molecule has 1 N–H and O–H groups in total. The van der Waals surface area contributed by atoms with Crippen LogP contribution in [0.3, 0.4) is 0 Å². The van der Waals surface area contributed by atoms with Crippen molar-refractivity contribution in [3.8, 4) is 0 Å². The third-order valence-corrected chi connectivity index (χ3v) is 4.61. The highest BCUT2D eigenvalue weighted by Gasteiger charge is 2.29. The third-order valence-electron chi connectivity index (χ3n) is 4.61. The van der Waals surface area contributed by atoms with Crippen molar-refractivity contribution >= 4 is 5.69 Å². The van der Waals surface area contributed by atoms with E-state index in [2.05, 4.69) is 24.1 Å². The Balaban J connectivity index is 2.17. The number of rotatable bonds is 4. The molecule has 0 aliphatic carbocycles. The number of hydrogen-bond acceptors (Lipinski definition) is 2. The van der Waals surface area contributed by atoms with E-state index in [1.807, 2.05) is 19.2 Å². The largest absolute Gasteiger partial charge is 0.371 e. The van der Waals surface area contributed by atoms with E-state index < -0.39 is 0 Å². The van der Waals surface area contributed by atoms with Crippen LogP contribution in [0.1, 0.15) is 38.7 Å². The second-order valence-electron chi connectivity index (χ2n) is 5.92. The Morgan fingerprint density at radius 1 is 1.32 bits per heavy atom. The van der Waals surface area contributed by atoms with Gasteiger partial charge in [-0.2, -0.15) is 0 Å². The second kappa shape index (κ2) is 5.91. The molecule has 1 heterocycles. The van der Waals surface area contributed by atoms with Crippen LogP contribution in [0.2, 0.25) is 0 Å². The van der Waals surface area contributed by atoms with Crippen molar-refractivity contribution in [3.63, 3.8) is 0 Å². The maximum atomic E-state index is 13.9.